The maximum absolute atomic E-state index is 3.47. The lowest BCUT2D eigenvalue weighted by Gasteiger charge is -2.41. The van der Waals surface area contributed by atoms with Crippen LogP contribution in [0.3, 0.4) is 0 Å². The molecule has 66 valence electrons. The molecule has 0 unspecified atom stereocenters. The van der Waals surface area contributed by atoms with Crippen LogP contribution in [0.25, 0.3) is 0 Å². The first-order valence-corrected chi connectivity index (χ1v) is 4.75. The van der Waals surface area contributed by atoms with Crippen molar-refractivity contribution in [2.75, 3.05) is 13.1 Å². The predicted molar refractivity (Wildman–Crippen MR) is 49.6 cm³/mol. The van der Waals surface area contributed by atoms with E-state index in [0.29, 0.717) is 5.41 Å². The first-order valence-electron chi connectivity index (χ1n) is 4.75. The third kappa shape index (κ3) is 1.96. The van der Waals surface area contributed by atoms with E-state index >= 15 is 0 Å². The highest BCUT2D eigenvalue weighted by Crippen LogP contribution is 2.36. The lowest BCUT2D eigenvalue weighted by Crippen LogP contribution is -2.44. The van der Waals surface area contributed by atoms with Crippen molar-refractivity contribution in [3.8, 4) is 0 Å². The van der Waals surface area contributed by atoms with Gasteiger partial charge in [-0.05, 0) is 36.8 Å². The standard InChI is InChI=1S/C10H21N/c1-8(2)9-7-11-6-5-10(9,3)4/h8-9,11H,5-7H2,1-4H3/t9-/m0/s1. The van der Waals surface area contributed by atoms with Crippen LogP contribution in [0.1, 0.15) is 34.1 Å². The van der Waals surface area contributed by atoms with Crippen LogP contribution in [0, 0.1) is 17.3 Å². The molecule has 0 bridgehead atoms. The van der Waals surface area contributed by atoms with Crippen molar-refractivity contribution in [1.82, 2.24) is 5.32 Å². The van der Waals surface area contributed by atoms with Crippen molar-refractivity contribution in [3.63, 3.8) is 0 Å². The molecular formula is C10H21N. The van der Waals surface area contributed by atoms with Gasteiger partial charge in [-0.15, -0.1) is 0 Å². The van der Waals surface area contributed by atoms with Crippen molar-refractivity contribution in [1.29, 1.82) is 0 Å². The van der Waals surface area contributed by atoms with E-state index in [2.05, 4.69) is 33.0 Å². The molecular weight excluding hydrogens is 134 g/mol. The lowest BCUT2D eigenvalue weighted by atomic mass is 9.69. The van der Waals surface area contributed by atoms with Gasteiger partial charge in [0.1, 0.15) is 0 Å². The van der Waals surface area contributed by atoms with Crippen LogP contribution in [0.15, 0.2) is 0 Å². The van der Waals surface area contributed by atoms with Crippen molar-refractivity contribution in [2.45, 2.75) is 34.1 Å². The Hall–Kier alpha value is -0.0400. The minimum atomic E-state index is 0.555. The third-order valence-electron chi connectivity index (χ3n) is 3.12. The van der Waals surface area contributed by atoms with Crippen LogP contribution in [0.2, 0.25) is 0 Å². The zero-order valence-corrected chi connectivity index (χ0v) is 8.28. The highest BCUT2D eigenvalue weighted by molar-refractivity contribution is 4.86. The topological polar surface area (TPSA) is 12.0 Å². The summed E-state index contributed by atoms with van der Waals surface area (Å²) in [4.78, 5) is 0. The van der Waals surface area contributed by atoms with Gasteiger partial charge in [0.2, 0.25) is 0 Å². The summed E-state index contributed by atoms with van der Waals surface area (Å²) in [5.74, 6) is 1.68. The summed E-state index contributed by atoms with van der Waals surface area (Å²) >= 11 is 0. The van der Waals surface area contributed by atoms with Crippen LogP contribution >= 0.6 is 0 Å². The summed E-state index contributed by atoms with van der Waals surface area (Å²) in [5.41, 5.74) is 0.555. The Morgan fingerprint density at radius 3 is 2.36 bits per heavy atom. The smallest absolute Gasteiger partial charge is 0.00130 e. The average molecular weight is 155 g/mol. The molecule has 0 amide bonds. The molecule has 1 aliphatic heterocycles. The molecule has 1 atom stereocenters. The van der Waals surface area contributed by atoms with Gasteiger partial charge in [0.05, 0.1) is 0 Å². The Balaban J connectivity index is 2.60. The second-order valence-electron chi connectivity index (χ2n) is 4.79. The van der Waals surface area contributed by atoms with Gasteiger partial charge in [0.25, 0.3) is 0 Å². The molecule has 1 fully saturated rings. The molecule has 0 aromatic heterocycles. The average Bonchev–Trinajstić information content (AvgIpc) is 1.85. The normalized spacial score (nSPS) is 30.8. The first-order chi connectivity index (χ1) is 5.04. The molecule has 1 saturated heterocycles. The molecule has 0 aromatic carbocycles. The third-order valence-corrected chi connectivity index (χ3v) is 3.12. The van der Waals surface area contributed by atoms with E-state index in [1.54, 1.807) is 0 Å². The highest BCUT2D eigenvalue weighted by Gasteiger charge is 2.33. The van der Waals surface area contributed by atoms with Gasteiger partial charge in [-0.1, -0.05) is 27.7 Å². The molecule has 0 aromatic rings. The zero-order chi connectivity index (χ0) is 8.48. The predicted octanol–water partition coefficient (Wildman–Crippen LogP) is 2.28. The maximum Gasteiger partial charge on any atom is -0.00130 e. The molecule has 0 spiro atoms. The fourth-order valence-corrected chi connectivity index (χ4v) is 2.27. The SMILES string of the molecule is CC(C)[C@@H]1CNCCC1(C)C. The summed E-state index contributed by atoms with van der Waals surface area (Å²) in [5, 5.41) is 3.47. The Kier molecular flexibility index (Phi) is 2.58. The van der Waals surface area contributed by atoms with Crippen LogP contribution in [0.5, 0.6) is 0 Å². The molecule has 1 heterocycles. The fourth-order valence-electron chi connectivity index (χ4n) is 2.27. The van der Waals surface area contributed by atoms with E-state index in [0.717, 1.165) is 11.8 Å². The molecule has 1 heteroatoms. The fraction of sp³-hybridized carbons (Fsp3) is 1.00. The van der Waals surface area contributed by atoms with Gasteiger partial charge >= 0.3 is 0 Å². The molecule has 11 heavy (non-hydrogen) atoms. The van der Waals surface area contributed by atoms with Crippen LogP contribution in [-0.4, -0.2) is 13.1 Å². The monoisotopic (exact) mass is 155 g/mol. The molecule has 0 radical (unpaired) electrons. The Morgan fingerprint density at radius 1 is 1.36 bits per heavy atom. The quantitative estimate of drug-likeness (QED) is 0.612. The summed E-state index contributed by atoms with van der Waals surface area (Å²) in [6, 6.07) is 0. The van der Waals surface area contributed by atoms with Gasteiger partial charge in [0, 0.05) is 0 Å². The summed E-state index contributed by atoms with van der Waals surface area (Å²) in [7, 11) is 0. The maximum atomic E-state index is 3.47. The Morgan fingerprint density at radius 2 is 2.00 bits per heavy atom. The van der Waals surface area contributed by atoms with Crippen LogP contribution < -0.4 is 5.32 Å². The number of hydrogen-bond donors (Lipinski definition) is 1. The van der Waals surface area contributed by atoms with Crippen molar-refractivity contribution in [2.24, 2.45) is 17.3 Å². The van der Waals surface area contributed by atoms with Crippen LogP contribution in [0.4, 0.5) is 0 Å². The molecule has 1 rings (SSSR count). The summed E-state index contributed by atoms with van der Waals surface area (Å²) in [6.07, 6.45) is 1.33. The number of nitrogens with one attached hydrogen (secondary N) is 1. The zero-order valence-electron chi connectivity index (χ0n) is 8.28. The summed E-state index contributed by atoms with van der Waals surface area (Å²) in [6.45, 7) is 11.9. The lowest BCUT2D eigenvalue weighted by molar-refractivity contribution is 0.110. The van der Waals surface area contributed by atoms with Crippen molar-refractivity contribution in [3.05, 3.63) is 0 Å². The van der Waals surface area contributed by atoms with Gasteiger partial charge in [0.15, 0.2) is 0 Å². The number of hydrogen-bond acceptors (Lipinski definition) is 1. The van der Waals surface area contributed by atoms with E-state index in [-0.39, 0.29) is 0 Å². The Labute approximate surface area is 70.6 Å². The molecule has 1 nitrogen and oxygen atoms in total. The minimum Gasteiger partial charge on any atom is -0.316 e. The van der Waals surface area contributed by atoms with Gasteiger partial charge < -0.3 is 5.32 Å². The van der Waals surface area contributed by atoms with E-state index < -0.39 is 0 Å². The van der Waals surface area contributed by atoms with Crippen molar-refractivity contribution >= 4 is 0 Å². The van der Waals surface area contributed by atoms with E-state index in [4.69, 9.17) is 0 Å². The molecule has 0 aliphatic carbocycles. The second kappa shape index (κ2) is 3.14. The highest BCUT2D eigenvalue weighted by atomic mass is 14.9. The van der Waals surface area contributed by atoms with E-state index in [9.17, 15) is 0 Å². The van der Waals surface area contributed by atoms with Gasteiger partial charge in [-0.2, -0.15) is 0 Å². The minimum absolute atomic E-state index is 0.555. The Bertz CT molecular complexity index is 127. The van der Waals surface area contributed by atoms with E-state index in [1.165, 1.54) is 19.5 Å². The number of piperidine rings is 1. The van der Waals surface area contributed by atoms with Crippen molar-refractivity contribution < 1.29 is 0 Å². The summed E-state index contributed by atoms with van der Waals surface area (Å²) < 4.78 is 0. The van der Waals surface area contributed by atoms with Crippen LogP contribution in [-0.2, 0) is 0 Å². The number of rotatable bonds is 1. The van der Waals surface area contributed by atoms with Gasteiger partial charge in [-0.25, -0.2) is 0 Å². The molecule has 1 N–H and O–H groups in total. The molecule has 1 aliphatic rings. The first kappa shape index (κ1) is 9.05. The van der Waals surface area contributed by atoms with E-state index in [1.807, 2.05) is 0 Å². The van der Waals surface area contributed by atoms with Gasteiger partial charge in [-0.3, -0.25) is 0 Å². The molecule has 0 saturated carbocycles. The second-order valence-corrected chi connectivity index (χ2v) is 4.79. The largest absolute Gasteiger partial charge is 0.316 e.